The van der Waals surface area contributed by atoms with E-state index in [0.717, 1.165) is 5.39 Å². The molecule has 3 aromatic carbocycles. The summed E-state index contributed by atoms with van der Waals surface area (Å²) in [5, 5.41) is 14.6. The van der Waals surface area contributed by atoms with E-state index in [4.69, 9.17) is 0 Å². The summed E-state index contributed by atoms with van der Waals surface area (Å²) in [6, 6.07) is 15.8. The smallest absolute Gasteiger partial charge is 0.244 e. The van der Waals surface area contributed by atoms with Crippen LogP contribution < -0.4 is 15.1 Å². The second kappa shape index (κ2) is 9.55. The Labute approximate surface area is 199 Å². The molecular weight excluding hydrogens is 430 g/mol. The predicted molar refractivity (Wildman–Crippen MR) is 135 cm³/mol. The largest absolute Gasteiger partial charge is 0.508 e. The van der Waals surface area contributed by atoms with Gasteiger partial charge in [0.2, 0.25) is 17.7 Å². The summed E-state index contributed by atoms with van der Waals surface area (Å²) in [6.07, 6.45) is 1.82. The predicted octanol–water partition coefficient (Wildman–Crippen LogP) is 5.34. The van der Waals surface area contributed by atoms with Crippen molar-refractivity contribution < 1.29 is 19.5 Å². The maximum absolute atomic E-state index is 13.9. The van der Waals surface area contributed by atoms with Crippen LogP contribution in [0.2, 0.25) is 0 Å². The molecule has 1 heterocycles. The molecule has 0 spiro atoms. The zero-order valence-electron chi connectivity index (χ0n) is 19.7. The molecule has 176 valence electrons. The molecule has 0 saturated carbocycles. The molecule has 1 aliphatic heterocycles. The van der Waals surface area contributed by atoms with Crippen molar-refractivity contribution >= 4 is 51.2 Å². The minimum Gasteiger partial charge on any atom is -0.508 e. The van der Waals surface area contributed by atoms with Crippen LogP contribution in [0.3, 0.4) is 0 Å². The van der Waals surface area contributed by atoms with Crippen LogP contribution in [0, 0.1) is 5.92 Å². The first-order chi connectivity index (χ1) is 16.3. The second-order valence-electron chi connectivity index (χ2n) is 8.58. The molecule has 0 saturated heterocycles. The van der Waals surface area contributed by atoms with E-state index in [0.29, 0.717) is 53.9 Å². The molecule has 0 radical (unpaired) electrons. The lowest BCUT2D eigenvalue weighted by atomic mass is 10.00. The molecule has 7 heteroatoms. The van der Waals surface area contributed by atoms with Gasteiger partial charge in [0.1, 0.15) is 11.7 Å². The molecular formula is C27H29N3O4. The number of fused-ring (bicyclic) bond motifs is 3. The number of phenols is 1. The van der Waals surface area contributed by atoms with Crippen LogP contribution in [0.15, 0.2) is 54.6 Å². The highest BCUT2D eigenvalue weighted by Gasteiger charge is 2.40. The lowest BCUT2D eigenvalue weighted by Gasteiger charge is -2.27. The summed E-state index contributed by atoms with van der Waals surface area (Å²) in [7, 11) is 0. The Bertz CT molecular complexity index is 1270. The molecule has 0 aromatic heterocycles. The third-order valence-corrected chi connectivity index (χ3v) is 6.00. The normalized spacial score (nSPS) is 15.9. The summed E-state index contributed by atoms with van der Waals surface area (Å²) in [6.45, 7) is 5.83. The lowest BCUT2D eigenvalue weighted by Crippen LogP contribution is -2.41. The van der Waals surface area contributed by atoms with Gasteiger partial charge in [0.05, 0.1) is 17.1 Å². The number of aromatic hydroxyl groups is 1. The van der Waals surface area contributed by atoms with Crippen molar-refractivity contribution in [1.29, 1.82) is 0 Å². The summed E-state index contributed by atoms with van der Waals surface area (Å²) >= 11 is 0. The summed E-state index contributed by atoms with van der Waals surface area (Å²) < 4.78 is 0. The van der Waals surface area contributed by atoms with E-state index in [-0.39, 0.29) is 23.5 Å². The Morgan fingerprint density at radius 2 is 1.76 bits per heavy atom. The molecule has 3 aromatic rings. The first-order valence-electron chi connectivity index (χ1n) is 11.6. The Kier molecular flexibility index (Phi) is 6.54. The van der Waals surface area contributed by atoms with E-state index >= 15 is 0 Å². The number of benzene rings is 3. The molecule has 1 aliphatic rings. The summed E-state index contributed by atoms with van der Waals surface area (Å²) in [4.78, 5) is 42.6. The molecule has 0 fully saturated rings. The fourth-order valence-corrected chi connectivity index (χ4v) is 4.60. The first-order valence-corrected chi connectivity index (χ1v) is 11.6. The number of hydrogen-bond donors (Lipinski definition) is 2. The molecule has 1 atom stereocenters. The summed E-state index contributed by atoms with van der Waals surface area (Å²) in [5.74, 6) is -1.49. The molecule has 0 bridgehead atoms. The van der Waals surface area contributed by atoms with Crippen LogP contribution in [-0.4, -0.2) is 29.4 Å². The fraction of sp³-hybridized carbons (Fsp3) is 0.296. The third-order valence-electron chi connectivity index (χ3n) is 6.00. The van der Waals surface area contributed by atoms with E-state index in [2.05, 4.69) is 5.32 Å². The number of carbonyl (C=O) groups is 3. The maximum atomic E-state index is 13.9. The second-order valence-corrected chi connectivity index (χ2v) is 8.58. The standard InChI is InChI=1S/C27H29N3O4/c1-4-7-22-26(33)29(14-5-2)25-23-16-21(32)12-10-18(23)11-13-24(25)30(27(22)34)20-9-6-8-19(15-20)28-17(3)31/h6,8-13,15-16,22,32H,4-5,7,14H2,1-3H3,(H,28,31). The molecule has 4 rings (SSSR count). The minimum absolute atomic E-state index is 0.0877. The molecule has 7 nitrogen and oxygen atoms in total. The van der Waals surface area contributed by atoms with Crippen LogP contribution >= 0.6 is 0 Å². The van der Waals surface area contributed by atoms with E-state index in [1.807, 2.05) is 26.0 Å². The van der Waals surface area contributed by atoms with Gasteiger partial charge in [0, 0.05) is 24.5 Å². The number of carbonyl (C=O) groups excluding carboxylic acids is 3. The average Bonchev–Trinajstić information content (AvgIpc) is 2.88. The van der Waals surface area contributed by atoms with Crippen molar-refractivity contribution in [1.82, 2.24) is 0 Å². The van der Waals surface area contributed by atoms with Gasteiger partial charge in [-0.2, -0.15) is 0 Å². The van der Waals surface area contributed by atoms with Crippen LogP contribution in [0.5, 0.6) is 5.75 Å². The highest BCUT2D eigenvalue weighted by Crippen LogP contribution is 2.45. The average molecular weight is 460 g/mol. The van der Waals surface area contributed by atoms with Gasteiger partial charge in [-0.15, -0.1) is 0 Å². The SMILES string of the molecule is CCCC1C(=O)N(CCC)c2c(ccc3ccc(O)cc23)N(c2cccc(NC(C)=O)c2)C1=O. The summed E-state index contributed by atoms with van der Waals surface area (Å²) in [5.41, 5.74) is 2.30. The van der Waals surface area contributed by atoms with Crippen molar-refractivity contribution in [3.05, 3.63) is 54.6 Å². The van der Waals surface area contributed by atoms with Crippen LogP contribution in [0.25, 0.3) is 10.8 Å². The highest BCUT2D eigenvalue weighted by atomic mass is 16.3. The molecule has 0 aliphatic carbocycles. The molecule has 34 heavy (non-hydrogen) atoms. The van der Waals surface area contributed by atoms with Crippen LogP contribution in [-0.2, 0) is 14.4 Å². The van der Waals surface area contributed by atoms with E-state index < -0.39 is 5.92 Å². The van der Waals surface area contributed by atoms with Gasteiger partial charge in [-0.05, 0) is 54.6 Å². The van der Waals surface area contributed by atoms with Gasteiger partial charge in [-0.25, -0.2) is 0 Å². The number of amides is 3. The zero-order chi connectivity index (χ0) is 24.4. The number of rotatable bonds is 6. The van der Waals surface area contributed by atoms with Gasteiger partial charge in [-0.1, -0.05) is 38.5 Å². The number of nitrogens with zero attached hydrogens (tertiary/aromatic N) is 2. The number of nitrogens with one attached hydrogen (secondary N) is 1. The number of anilines is 4. The number of hydrogen-bond acceptors (Lipinski definition) is 4. The van der Waals surface area contributed by atoms with Crippen molar-refractivity contribution in [2.75, 3.05) is 21.7 Å². The minimum atomic E-state index is -0.833. The monoisotopic (exact) mass is 459 g/mol. The highest BCUT2D eigenvalue weighted by molar-refractivity contribution is 6.23. The van der Waals surface area contributed by atoms with E-state index in [1.54, 1.807) is 52.3 Å². The number of phenolic OH excluding ortho intramolecular Hbond substituents is 1. The van der Waals surface area contributed by atoms with Gasteiger partial charge in [-0.3, -0.25) is 19.3 Å². The van der Waals surface area contributed by atoms with Crippen molar-refractivity contribution in [2.45, 2.75) is 40.0 Å². The van der Waals surface area contributed by atoms with Gasteiger partial charge >= 0.3 is 0 Å². The Hall–Kier alpha value is -3.87. The van der Waals surface area contributed by atoms with Gasteiger partial charge < -0.3 is 15.3 Å². The quantitative estimate of drug-likeness (QED) is 0.487. The first kappa shape index (κ1) is 23.3. The van der Waals surface area contributed by atoms with Gasteiger partial charge in [0.25, 0.3) is 0 Å². The Morgan fingerprint density at radius 1 is 1.00 bits per heavy atom. The van der Waals surface area contributed by atoms with Crippen LogP contribution in [0.4, 0.5) is 22.7 Å². The zero-order valence-corrected chi connectivity index (χ0v) is 19.7. The lowest BCUT2D eigenvalue weighted by molar-refractivity contribution is -0.131. The van der Waals surface area contributed by atoms with E-state index in [1.165, 1.54) is 6.92 Å². The van der Waals surface area contributed by atoms with Crippen molar-refractivity contribution in [2.24, 2.45) is 5.92 Å². The van der Waals surface area contributed by atoms with Crippen LogP contribution in [0.1, 0.15) is 40.0 Å². The van der Waals surface area contributed by atoms with Gasteiger partial charge in [0.15, 0.2) is 0 Å². The fourth-order valence-electron chi connectivity index (χ4n) is 4.60. The van der Waals surface area contributed by atoms with Crippen molar-refractivity contribution in [3.63, 3.8) is 0 Å². The van der Waals surface area contributed by atoms with Crippen molar-refractivity contribution in [3.8, 4) is 5.75 Å². The Morgan fingerprint density at radius 3 is 2.47 bits per heavy atom. The molecule has 2 N–H and O–H groups in total. The maximum Gasteiger partial charge on any atom is 0.244 e. The topological polar surface area (TPSA) is 90.0 Å². The molecule has 3 amide bonds. The van der Waals surface area contributed by atoms with E-state index in [9.17, 15) is 19.5 Å². The third kappa shape index (κ3) is 4.21. The molecule has 1 unspecified atom stereocenters. The Balaban J connectivity index is 2.02.